The Labute approximate surface area is 182 Å². The van der Waals surface area contributed by atoms with E-state index in [9.17, 15) is 0 Å². The van der Waals surface area contributed by atoms with Crippen molar-refractivity contribution in [2.45, 2.75) is 38.5 Å². The standard InChI is InChI=1S/2C5H10S.C4H8N2S4.Mn/c2*1-2-4-6-5-3-1;7-3(8)5-1-2-6-4(9)10;/h2*1-5H2;1-2H2,(H2,5,7,8)(H2,6,9,10);/q;;;+2/p-2. The van der Waals surface area contributed by atoms with Crippen molar-refractivity contribution in [2.24, 2.45) is 0 Å². The molecule has 0 spiro atoms. The second-order valence-electron chi connectivity index (χ2n) is 4.77. The van der Waals surface area contributed by atoms with Crippen molar-refractivity contribution in [3.63, 3.8) is 0 Å². The summed E-state index contributed by atoms with van der Waals surface area (Å²) < 4.78 is 0.745. The molecular formula is C14H26MnN2S6. The van der Waals surface area contributed by atoms with Gasteiger partial charge in [-0.3, -0.25) is 0 Å². The van der Waals surface area contributed by atoms with Gasteiger partial charge >= 0.3 is 17.1 Å². The summed E-state index contributed by atoms with van der Waals surface area (Å²) in [6, 6.07) is 0. The molecule has 2 aliphatic heterocycles. The van der Waals surface area contributed by atoms with Crippen molar-refractivity contribution < 1.29 is 17.1 Å². The quantitative estimate of drug-likeness (QED) is 0.280. The molecule has 1 radical (unpaired) electrons. The topological polar surface area (TPSA) is 24.1 Å². The van der Waals surface area contributed by atoms with Gasteiger partial charge in [-0.2, -0.15) is 23.5 Å². The van der Waals surface area contributed by atoms with Gasteiger partial charge in [0.1, 0.15) is 0 Å². The summed E-state index contributed by atoms with van der Waals surface area (Å²) in [6.07, 6.45) is 8.81. The molecule has 2 saturated heterocycles. The second kappa shape index (κ2) is 21.5. The molecule has 2 nitrogen and oxygen atoms in total. The minimum absolute atomic E-state index is 0. The third kappa shape index (κ3) is 25.8. The molecule has 2 rings (SSSR count). The molecule has 2 aliphatic rings. The zero-order chi connectivity index (χ0) is 16.5. The first kappa shape index (κ1) is 26.7. The number of hydrogen-bond donors (Lipinski definition) is 2. The van der Waals surface area contributed by atoms with Crippen LogP contribution in [0.4, 0.5) is 0 Å². The first-order chi connectivity index (χ1) is 10.6. The molecule has 2 heterocycles. The number of rotatable bonds is 3. The minimum Gasteiger partial charge on any atom is -0.412 e. The fraction of sp³-hybridized carbons (Fsp3) is 0.857. The fourth-order valence-corrected chi connectivity index (χ4v) is 4.15. The molecule has 0 unspecified atom stereocenters. The van der Waals surface area contributed by atoms with E-state index < -0.39 is 0 Å². The predicted octanol–water partition coefficient (Wildman–Crippen LogP) is 3.63. The Kier molecular flexibility index (Phi) is 24.9. The van der Waals surface area contributed by atoms with E-state index in [-0.39, 0.29) is 17.1 Å². The number of thiocarbonyl (C=S) groups is 2. The Bertz CT molecular complexity index is 235. The zero-order valence-electron chi connectivity index (χ0n) is 13.3. The molecule has 0 aromatic rings. The third-order valence-electron chi connectivity index (χ3n) is 2.82. The maximum atomic E-state index is 4.59. The SMILES string of the molecule is C1CCSCC1.C1CCSCC1.S=C([S-])NCCNC(=S)[S-].[Mn+2]. The molecule has 0 aromatic heterocycles. The second-order valence-corrected chi connectivity index (χ2v) is 9.37. The van der Waals surface area contributed by atoms with E-state index in [2.05, 4.69) is 83.9 Å². The zero-order valence-corrected chi connectivity index (χ0v) is 19.4. The molecule has 0 aliphatic carbocycles. The third-order valence-corrected chi connectivity index (χ3v) is 5.71. The molecule has 23 heavy (non-hydrogen) atoms. The predicted molar refractivity (Wildman–Crippen MR) is 118 cm³/mol. The fourth-order valence-electron chi connectivity index (χ4n) is 1.70. The molecule has 2 fully saturated rings. The van der Waals surface area contributed by atoms with E-state index in [1.54, 1.807) is 0 Å². The number of thioether (sulfide) groups is 2. The van der Waals surface area contributed by atoms with Crippen LogP contribution in [0.5, 0.6) is 0 Å². The van der Waals surface area contributed by atoms with Crippen LogP contribution in [0.1, 0.15) is 38.5 Å². The molecule has 9 heteroatoms. The average molecular weight is 470 g/mol. The molecule has 0 bridgehead atoms. The van der Waals surface area contributed by atoms with Crippen LogP contribution in [0.3, 0.4) is 0 Å². The van der Waals surface area contributed by atoms with Crippen LogP contribution in [-0.4, -0.2) is 44.7 Å². The molecule has 0 amide bonds. The smallest absolute Gasteiger partial charge is 0.412 e. The van der Waals surface area contributed by atoms with Crippen LogP contribution in [-0.2, 0) is 42.3 Å². The number of hydrogen-bond acceptors (Lipinski definition) is 6. The van der Waals surface area contributed by atoms with Gasteiger partial charge in [-0.1, -0.05) is 21.5 Å². The summed E-state index contributed by atoms with van der Waals surface area (Å²) in [5, 5.41) is 5.56. The van der Waals surface area contributed by atoms with Gasteiger partial charge in [0.2, 0.25) is 0 Å². The molecule has 2 N–H and O–H groups in total. The molecular weight excluding hydrogens is 444 g/mol. The molecule has 0 saturated carbocycles. The van der Waals surface area contributed by atoms with Crippen LogP contribution in [0, 0.1) is 0 Å². The van der Waals surface area contributed by atoms with Crippen LogP contribution in [0.15, 0.2) is 0 Å². The van der Waals surface area contributed by atoms with Gasteiger partial charge < -0.3 is 60.3 Å². The summed E-state index contributed by atoms with van der Waals surface area (Å²) in [6.45, 7) is 1.33. The van der Waals surface area contributed by atoms with Gasteiger partial charge in [-0.05, 0) is 48.7 Å². The maximum Gasteiger partial charge on any atom is 2.00 e. The van der Waals surface area contributed by atoms with Gasteiger partial charge in [-0.25, -0.2) is 0 Å². The van der Waals surface area contributed by atoms with Crippen molar-refractivity contribution in [1.29, 1.82) is 0 Å². The van der Waals surface area contributed by atoms with Crippen molar-refractivity contribution in [2.75, 3.05) is 36.1 Å². The molecule has 135 valence electrons. The van der Waals surface area contributed by atoms with Crippen LogP contribution in [0.2, 0.25) is 0 Å². The van der Waals surface area contributed by atoms with Crippen LogP contribution >= 0.6 is 48.0 Å². The van der Waals surface area contributed by atoms with Gasteiger partial charge in [0.05, 0.1) is 0 Å². The molecule has 0 atom stereocenters. The van der Waals surface area contributed by atoms with Crippen molar-refractivity contribution in [1.82, 2.24) is 10.6 Å². The van der Waals surface area contributed by atoms with Gasteiger partial charge in [-0.15, -0.1) is 0 Å². The van der Waals surface area contributed by atoms with E-state index >= 15 is 0 Å². The Morgan fingerprint density at radius 2 is 1.00 bits per heavy atom. The van der Waals surface area contributed by atoms with Crippen LogP contribution < -0.4 is 10.6 Å². The van der Waals surface area contributed by atoms with Gasteiger partial charge in [0.15, 0.2) is 0 Å². The van der Waals surface area contributed by atoms with Crippen molar-refractivity contribution in [3.05, 3.63) is 0 Å². The Morgan fingerprint density at radius 1 is 0.696 bits per heavy atom. The van der Waals surface area contributed by atoms with Crippen LogP contribution in [0.25, 0.3) is 0 Å². The first-order valence-corrected chi connectivity index (χ1v) is 11.6. The average Bonchev–Trinajstić information content (AvgIpc) is 2.56. The summed E-state index contributed by atoms with van der Waals surface area (Å²) in [4.78, 5) is 0. The monoisotopic (exact) mass is 469 g/mol. The minimum atomic E-state index is 0. The van der Waals surface area contributed by atoms with E-state index in [0.29, 0.717) is 21.7 Å². The summed E-state index contributed by atoms with van der Waals surface area (Å²) in [5.41, 5.74) is 0. The largest absolute Gasteiger partial charge is 2.00 e. The Morgan fingerprint density at radius 3 is 1.13 bits per heavy atom. The van der Waals surface area contributed by atoms with Gasteiger partial charge in [0, 0.05) is 13.1 Å². The molecule has 0 aromatic carbocycles. The summed E-state index contributed by atoms with van der Waals surface area (Å²) in [5.74, 6) is 5.67. The Balaban J connectivity index is 0. The number of nitrogens with one attached hydrogen (secondary N) is 2. The van der Waals surface area contributed by atoms with Crippen molar-refractivity contribution in [3.8, 4) is 0 Å². The first-order valence-electron chi connectivity index (χ1n) is 7.68. The Hall–Kier alpha value is 1.44. The van der Waals surface area contributed by atoms with E-state index in [1.807, 2.05) is 0 Å². The van der Waals surface area contributed by atoms with E-state index in [0.717, 1.165) is 0 Å². The van der Waals surface area contributed by atoms with E-state index in [4.69, 9.17) is 0 Å². The summed E-state index contributed by atoms with van der Waals surface area (Å²) in [7, 11) is 0. The van der Waals surface area contributed by atoms with Crippen molar-refractivity contribution >= 4 is 81.9 Å². The maximum absolute atomic E-state index is 4.59. The normalized spacial score (nSPS) is 16.2. The van der Waals surface area contributed by atoms with Gasteiger partial charge in [0.25, 0.3) is 0 Å². The summed E-state index contributed by atoms with van der Waals surface area (Å²) >= 11 is 22.6. The van der Waals surface area contributed by atoms with E-state index in [1.165, 1.54) is 61.5 Å².